The maximum atomic E-state index is 12.8. The molecule has 3 aromatic rings. The van der Waals surface area contributed by atoms with E-state index in [4.69, 9.17) is 0 Å². The van der Waals surface area contributed by atoms with Crippen LogP contribution in [0.15, 0.2) is 35.5 Å². The van der Waals surface area contributed by atoms with Crippen molar-refractivity contribution < 1.29 is 9.90 Å². The molecule has 0 atom stereocenters. The molecule has 3 heterocycles. The normalized spacial score (nSPS) is 15.9. The lowest BCUT2D eigenvalue weighted by atomic mass is 9.97. The van der Waals surface area contributed by atoms with Crippen molar-refractivity contribution in [1.82, 2.24) is 24.6 Å². The van der Waals surface area contributed by atoms with Gasteiger partial charge in [-0.15, -0.1) is 0 Å². The summed E-state index contributed by atoms with van der Waals surface area (Å²) < 4.78 is 3.77. The van der Waals surface area contributed by atoms with Crippen LogP contribution in [0.1, 0.15) is 68.9 Å². The number of fused-ring (bicyclic) bond motifs is 1. The lowest BCUT2D eigenvalue weighted by Crippen LogP contribution is -2.45. The molecule has 0 unspecified atom stereocenters. The zero-order chi connectivity index (χ0) is 23.1. The molecule has 1 amide bonds. The largest absolute Gasteiger partial charge is 0.503 e. The van der Waals surface area contributed by atoms with Gasteiger partial charge >= 0.3 is 0 Å². The maximum Gasteiger partial charge on any atom is 0.276 e. The van der Waals surface area contributed by atoms with Gasteiger partial charge in [-0.3, -0.25) is 14.3 Å². The second kappa shape index (κ2) is 8.07. The van der Waals surface area contributed by atoms with Gasteiger partial charge < -0.3 is 15.0 Å². The van der Waals surface area contributed by atoms with Crippen LogP contribution in [0.3, 0.4) is 0 Å². The molecular weight excluding hydrogens is 406 g/mol. The van der Waals surface area contributed by atoms with Gasteiger partial charge in [0.1, 0.15) is 5.65 Å². The fraction of sp³-hybridized carbons (Fsp3) is 0.500. The van der Waals surface area contributed by atoms with Gasteiger partial charge in [0, 0.05) is 23.3 Å². The zero-order valence-electron chi connectivity index (χ0n) is 19.2. The quantitative estimate of drug-likeness (QED) is 0.615. The highest BCUT2D eigenvalue weighted by Crippen LogP contribution is 2.40. The molecule has 3 aromatic heterocycles. The van der Waals surface area contributed by atoms with Crippen LogP contribution < -0.4 is 10.7 Å². The number of aromatic hydroxyl groups is 1. The van der Waals surface area contributed by atoms with Crippen molar-refractivity contribution in [3.63, 3.8) is 0 Å². The van der Waals surface area contributed by atoms with Crippen molar-refractivity contribution in [2.45, 2.75) is 77.4 Å². The molecule has 4 rings (SSSR count). The number of amides is 1. The third kappa shape index (κ3) is 3.89. The van der Waals surface area contributed by atoms with E-state index in [-0.39, 0.29) is 11.2 Å². The molecule has 32 heavy (non-hydrogen) atoms. The number of aryl methyl sites for hydroxylation is 1. The second-order valence-corrected chi connectivity index (χ2v) is 9.57. The molecule has 0 spiro atoms. The Balaban J connectivity index is 1.75. The Hall–Kier alpha value is -3.16. The van der Waals surface area contributed by atoms with E-state index in [0.717, 1.165) is 42.3 Å². The molecule has 0 aromatic carbocycles. The third-order valence-electron chi connectivity index (χ3n) is 6.76. The standard InChI is InChI=1S/C24H31N5O3/c1-5-23(3,4)26-22(32)19-20(31)18(30)14-28(27-19)15-24(10-6-7-11-24)29-13-16(2)17-9-8-12-25-21(17)29/h8-9,12-14,30H,5-7,10-11,15H2,1-4H3,(H,26,32). The molecule has 170 valence electrons. The first-order valence-electron chi connectivity index (χ1n) is 11.2. The van der Waals surface area contributed by atoms with Crippen LogP contribution in [0.2, 0.25) is 0 Å². The fourth-order valence-electron chi connectivity index (χ4n) is 4.60. The highest BCUT2D eigenvalue weighted by atomic mass is 16.3. The summed E-state index contributed by atoms with van der Waals surface area (Å²) in [5.41, 5.74) is 0.242. The Morgan fingerprint density at radius 3 is 2.69 bits per heavy atom. The van der Waals surface area contributed by atoms with E-state index in [1.54, 1.807) is 10.9 Å². The molecule has 1 saturated carbocycles. The van der Waals surface area contributed by atoms with Crippen molar-refractivity contribution in [1.29, 1.82) is 0 Å². The van der Waals surface area contributed by atoms with Crippen molar-refractivity contribution in [3.8, 4) is 5.75 Å². The van der Waals surface area contributed by atoms with E-state index in [1.807, 2.05) is 26.8 Å². The summed E-state index contributed by atoms with van der Waals surface area (Å²) in [5.74, 6) is -1.05. The maximum absolute atomic E-state index is 12.8. The minimum atomic E-state index is -0.755. The fourth-order valence-corrected chi connectivity index (χ4v) is 4.60. The predicted molar refractivity (Wildman–Crippen MR) is 123 cm³/mol. The molecule has 0 bridgehead atoms. The first kappa shape index (κ1) is 22.0. The number of nitrogens with one attached hydrogen (secondary N) is 1. The molecular formula is C24H31N5O3. The van der Waals surface area contributed by atoms with Crippen molar-refractivity contribution in [3.05, 3.63) is 52.2 Å². The molecule has 1 aliphatic carbocycles. The summed E-state index contributed by atoms with van der Waals surface area (Å²) in [6.45, 7) is 8.22. The summed E-state index contributed by atoms with van der Waals surface area (Å²) in [6.07, 6.45) is 9.92. The Morgan fingerprint density at radius 2 is 2.00 bits per heavy atom. The zero-order valence-corrected chi connectivity index (χ0v) is 19.2. The second-order valence-electron chi connectivity index (χ2n) is 9.57. The van der Waals surface area contributed by atoms with E-state index in [9.17, 15) is 14.7 Å². The number of aromatic nitrogens is 4. The highest BCUT2D eigenvalue weighted by molar-refractivity contribution is 5.92. The summed E-state index contributed by atoms with van der Waals surface area (Å²) in [7, 11) is 0. The summed E-state index contributed by atoms with van der Waals surface area (Å²) in [5, 5.41) is 18.6. The number of hydrogen-bond acceptors (Lipinski definition) is 5. The van der Waals surface area contributed by atoms with E-state index >= 15 is 0 Å². The number of rotatable bonds is 6. The summed E-state index contributed by atoms with van der Waals surface area (Å²) in [6, 6.07) is 4.00. The van der Waals surface area contributed by atoms with Gasteiger partial charge in [-0.1, -0.05) is 19.8 Å². The molecule has 0 aliphatic heterocycles. The van der Waals surface area contributed by atoms with E-state index in [0.29, 0.717) is 13.0 Å². The molecule has 0 saturated heterocycles. The first-order chi connectivity index (χ1) is 15.2. The van der Waals surface area contributed by atoms with Crippen LogP contribution >= 0.6 is 0 Å². The summed E-state index contributed by atoms with van der Waals surface area (Å²) in [4.78, 5) is 29.9. The van der Waals surface area contributed by atoms with Gasteiger partial charge in [0.25, 0.3) is 11.3 Å². The van der Waals surface area contributed by atoms with E-state index in [2.05, 4.69) is 39.2 Å². The number of carbonyl (C=O) groups excluding carboxylic acids is 1. The topological polar surface area (TPSA) is 102 Å². The van der Waals surface area contributed by atoms with Crippen LogP contribution in [0, 0.1) is 6.92 Å². The van der Waals surface area contributed by atoms with E-state index < -0.39 is 22.6 Å². The van der Waals surface area contributed by atoms with Crippen molar-refractivity contribution >= 4 is 16.9 Å². The molecule has 1 fully saturated rings. The smallest absolute Gasteiger partial charge is 0.276 e. The van der Waals surface area contributed by atoms with Gasteiger partial charge in [-0.25, -0.2) is 4.98 Å². The Bertz CT molecular complexity index is 1220. The van der Waals surface area contributed by atoms with Crippen LogP contribution in [0.5, 0.6) is 5.75 Å². The van der Waals surface area contributed by atoms with Crippen molar-refractivity contribution in [2.75, 3.05) is 0 Å². The molecule has 8 heteroatoms. The molecule has 0 radical (unpaired) electrons. The lowest BCUT2D eigenvalue weighted by Gasteiger charge is -2.32. The van der Waals surface area contributed by atoms with Crippen LogP contribution in [-0.4, -0.2) is 35.9 Å². The van der Waals surface area contributed by atoms with Crippen LogP contribution in [0.25, 0.3) is 11.0 Å². The predicted octanol–water partition coefficient (Wildman–Crippen LogP) is 3.49. The van der Waals surface area contributed by atoms with Crippen molar-refractivity contribution in [2.24, 2.45) is 0 Å². The molecule has 8 nitrogen and oxygen atoms in total. The van der Waals surface area contributed by atoms with Crippen LogP contribution in [-0.2, 0) is 12.1 Å². The minimum Gasteiger partial charge on any atom is -0.503 e. The Labute approximate surface area is 187 Å². The third-order valence-corrected chi connectivity index (χ3v) is 6.76. The number of hydrogen-bond donors (Lipinski definition) is 2. The van der Waals surface area contributed by atoms with Crippen LogP contribution in [0.4, 0.5) is 0 Å². The molecule has 1 aliphatic rings. The minimum absolute atomic E-state index is 0.286. The Morgan fingerprint density at radius 1 is 1.28 bits per heavy atom. The van der Waals surface area contributed by atoms with Gasteiger partial charge in [-0.2, -0.15) is 5.10 Å². The number of pyridine rings is 1. The Kier molecular flexibility index (Phi) is 5.56. The van der Waals surface area contributed by atoms with Gasteiger partial charge in [0.2, 0.25) is 0 Å². The number of nitrogens with zero attached hydrogens (tertiary/aromatic N) is 4. The lowest BCUT2D eigenvalue weighted by molar-refractivity contribution is 0.0900. The number of carbonyl (C=O) groups is 1. The summed E-state index contributed by atoms with van der Waals surface area (Å²) >= 11 is 0. The van der Waals surface area contributed by atoms with Gasteiger partial charge in [0.15, 0.2) is 11.4 Å². The SMILES string of the molecule is CCC(C)(C)NC(=O)c1nn(CC2(n3cc(C)c4cccnc43)CCCC2)cc(O)c1=O. The highest BCUT2D eigenvalue weighted by Gasteiger charge is 2.38. The molecule has 2 N–H and O–H groups in total. The monoisotopic (exact) mass is 437 g/mol. The average Bonchev–Trinajstić information content (AvgIpc) is 3.36. The van der Waals surface area contributed by atoms with Gasteiger partial charge in [-0.05, 0) is 57.7 Å². The van der Waals surface area contributed by atoms with Gasteiger partial charge in [0.05, 0.1) is 18.3 Å². The average molecular weight is 438 g/mol. The first-order valence-corrected chi connectivity index (χ1v) is 11.2. The van der Waals surface area contributed by atoms with E-state index in [1.165, 1.54) is 6.20 Å².